The number of carbonyl (C=O) groups excluding carboxylic acids is 3. The Bertz CT molecular complexity index is 1450. The zero-order valence-corrected chi connectivity index (χ0v) is 27.1. The molecule has 1 saturated heterocycles. The van der Waals surface area contributed by atoms with E-state index >= 15 is 0 Å². The number of morpholine rings is 1. The number of benzene rings is 3. The SMILES string of the molecule is CCOc1cccc(NC(=O)N(CCCN2CCOCC2)Cc2ccc(C(=O)Nc3ccccc3NC(=O)OC(C)(C)C)cc2)c1. The predicted molar refractivity (Wildman–Crippen MR) is 180 cm³/mol. The van der Waals surface area contributed by atoms with Gasteiger partial charge in [-0.15, -0.1) is 0 Å². The molecule has 0 aromatic heterocycles. The molecular formula is C35H45N5O6. The minimum absolute atomic E-state index is 0.216. The number of anilines is 3. The summed E-state index contributed by atoms with van der Waals surface area (Å²) in [6, 6.07) is 21.2. The van der Waals surface area contributed by atoms with Crippen LogP contribution >= 0.6 is 0 Å². The van der Waals surface area contributed by atoms with Gasteiger partial charge in [0.2, 0.25) is 0 Å². The molecule has 0 bridgehead atoms. The summed E-state index contributed by atoms with van der Waals surface area (Å²) >= 11 is 0. The van der Waals surface area contributed by atoms with Gasteiger partial charge in [-0.2, -0.15) is 0 Å². The fraction of sp³-hybridized carbons (Fsp3) is 0.400. The fourth-order valence-corrected chi connectivity index (χ4v) is 4.89. The molecule has 46 heavy (non-hydrogen) atoms. The average Bonchev–Trinajstić information content (AvgIpc) is 3.02. The molecular weight excluding hydrogens is 586 g/mol. The highest BCUT2D eigenvalue weighted by molar-refractivity contribution is 6.06. The quantitative estimate of drug-likeness (QED) is 0.210. The number of rotatable bonds is 12. The Balaban J connectivity index is 1.41. The zero-order chi connectivity index (χ0) is 32.9. The first-order valence-electron chi connectivity index (χ1n) is 15.7. The Morgan fingerprint density at radius 1 is 0.891 bits per heavy atom. The van der Waals surface area contributed by atoms with Gasteiger partial charge < -0.3 is 29.7 Å². The Morgan fingerprint density at radius 3 is 2.26 bits per heavy atom. The number of hydrogen-bond donors (Lipinski definition) is 3. The molecule has 0 unspecified atom stereocenters. The summed E-state index contributed by atoms with van der Waals surface area (Å²) < 4.78 is 16.4. The van der Waals surface area contributed by atoms with Crippen molar-refractivity contribution in [2.75, 3.05) is 62.0 Å². The summed E-state index contributed by atoms with van der Waals surface area (Å²) in [6.07, 6.45) is 0.197. The van der Waals surface area contributed by atoms with E-state index in [1.165, 1.54) is 0 Å². The Kier molecular flexibility index (Phi) is 12.4. The van der Waals surface area contributed by atoms with Crippen LogP contribution in [0.5, 0.6) is 5.75 Å². The molecule has 1 fully saturated rings. The number of nitrogens with zero attached hydrogens (tertiary/aromatic N) is 2. The van der Waals surface area contributed by atoms with Gasteiger partial charge in [0.1, 0.15) is 11.4 Å². The second-order valence-electron chi connectivity index (χ2n) is 11.9. The van der Waals surface area contributed by atoms with E-state index in [2.05, 4.69) is 20.9 Å². The van der Waals surface area contributed by atoms with Gasteiger partial charge in [0, 0.05) is 50.0 Å². The van der Waals surface area contributed by atoms with Crippen molar-refractivity contribution in [2.45, 2.75) is 46.3 Å². The van der Waals surface area contributed by atoms with Crippen LogP contribution in [0.25, 0.3) is 0 Å². The van der Waals surface area contributed by atoms with Crippen LogP contribution in [0, 0.1) is 0 Å². The van der Waals surface area contributed by atoms with Crippen LogP contribution in [0.4, 0.5) is 26.7 Å². The summed E-state index contributed by atoms with van der Waals surface area (Å²) in [4.78, 5) is 43.0. The van der Waals surface area contributed by atoms with Crippen molar-refractivity contribution < 1.29 is 28.6 Å². The smallest absolute Gasteiger partial charge is 0.412 e. The largest absolute Gasteiger partial charge is 0.494 e. The van der Waals surface area contributed by atoms with Gasteiger partial charge in [0.25, 0.3) is 5.91 Å². The van der Waals surface area contributed by atoms with E-state index in [0.717, 1.165) is 44.8 Å². The molecule has 0 radical (unpaired) electrons. The standard InChI is InChI=1S/C35H45N5O6/c1-5-45-29-11-8-10-28(24-29)36-33(42)40(19-9-18-39-20-22-44-23-21-39)25-26-14-16-27(17-15-26)32(41)37-30-12-6-7-13-31(30)38-34(43)46-35(2,3)4/h6-8,10-17,24H,5,9,18-23,25H2,1-4H3,(H,36,42)(H,37,41)(H,38,43). The van der Waals surface area contributed by atoms with Crippen molar-refractivity contribution in [3.8, 4) is 5.75 Å². The van der Waals surface area contributed by atoms with Crippen molar-refractivity contribution in [1.29, 1.82) is 0 Å². The van der Waals surface area contributed by atoms with Gasteiger partial charge in [-0.3, -0.25) is 15.0 Å². The number of hydrogen-bond acceptors (Lipinski definition) is 7. The highest BCUT2D eigenvalue weighted by atomic mass is 16.6. The maximum Gasteiger partial charge on any atom is 0.412 e. The van der Waals surface area contributed by atoms with Crippen LogP contribution in [0.15, 0.2) is 72.8 Å². The highest BCUT2D eigenvalue weighted by Crippen LogP contribution is 2.23. The van der Waals surface area contributed by atoms with E-state index in [9.17, 15) is 14.4 Å². The minimum atomic E-state index is -0.655. The monoisotopic (exact) mass is 631 g/mol. The molecule has 246 valence electrons. The summed E-state index contributed by atoms with van der Waals surface area (Å²) in [5.41, 5.74) is 2.19. The van der Waals surface area contributed by atoms with Crippen LogP contribution in [-0.2, 0) is 16.0 Å². The molecule has 1 heterocycles. The molecule has 1 aliphatic rings. The van der Waals surface area contributed by atoms with E-state index in [0.29, 0.717) is 48.1 Å². The predicted octanol–water partition coefficient (Wildman–Crippen LogP) is 6.44. The number of para-hydroxylation sites is 2. The average molecular weight is 632 g/mol. The Labute approximate surface area is 271 Å². The summed E-state index contributed by atoms with van der Waals surface area (Å²) in [6.45, 7) is 12.8. The van der Waals surface area contributed by atoms with Gasteiger partial charge in [-0.1, -0.05) is 30.3 Å². The van der Waals surface area contributed by atoms with Gasteiger partial charge in [-0.05, 0) is 76.1 Å². The summed E-state index contributed by atoms with van der Waals surface area (Å²) in [5, 5.41) is 8.57. The lowest BCUT2D eigenvalue weighted by Crippen LogP contribution is -2.40. The normalized spacial score (nSPS) is 13.4. The van der Waals surface area contributed by atoms with Crippen LogP contribution in [0.2, 0.25) is 0 Å². The molecule has 11 heteroatoms. The lowest BCUT2D eigenvalue weighted by molar-refractivity contribution is 0.0365. The van der Waals surface area contributed by atoms with Crippen LogP contribution in [-0.4, -0.2) is 79.4 Å². The molecule has 4 amide bonds. The van der Waals surface area contributed by atoms with Crippen LogP contribution in [0.3, 0.4) is 0 Å². The minimum Gasteiger partial charge on any atom is -0.494 e. The van der Waals surface area contributed by atoms with Gasteiger partial charge in [-0.25, -0.2) is 9.59 Å². The van der Waals surface area contributed by atoms with E-state index in [1.54, 1.807) is 62.1 Å². The Hall–Kier alpha value is -4.61. The lowest BCUT2D eigenvalue weighted by atomic mass is 10.1. The van der Waals surface area contributed by atoms with Crippen LogP contribution < -0.4 is 20.7 Å². The number of amides is 4. The molecule has 3 N–H and O–H groups in total. The molecule has 11 nitrogen and oxygen atoms in total. The molecule has 3 aromatic rings. The lowest BCUT2D eigenvalue weighted by Gasteiger charge is -2.28. The van der Waals surface area contributed by atoms with Crippen molar-refractivity contribution >= 4 is 35.1 Å². The third kappa shape index (κ3) is 11.1. The van der Waals surface area contributed by atoms with E-state index in [4.69, 9.17) is 14.2 Å². The second kappa shape index (κ2) is 16.6. The number of carbonyl (C=O) groups is 3. The first-order valence-corrected chi connectivity index (χ1v) is 15.7. The maximum absolute atomic E-state index is 13.5. The van der Waals surface area contributed by atoms with Crippen LogP contribution in [0.1, 0.15) is 50.0 Å². The first-order chi connectivity index (χ1) is 22.1. The van der Waals surface area contributed by atoms with E-state index in [1.807, 2.05) is 43.3 Å². The first kappa shape index (κ1) is 34.3. The number of urea groups is 1. The number of ether oxygens (including phenoxy) is 3. The summed E-state index contributed by atoms with van der Waals surface area (Å²) in [5.74, 6) is 0.357. The maximum atomic E-state index is 13.5. The molecule has 0 atom stereocenters. The molecule has 3 aromatic carbocycles. The molecule has 4 rings (SSSR count). The fourth-order valence-electron chi connectivity index (χ4n) is 4.89. The van der Waals surface area contributed by atoms with Gasteiger partial charge in [0.15, 0.2) is 0 Å². The van der Waals surface area contributed by atoms with E-state index < -0.39 is 11.7 Å². The third-order valence-corrected chi connectivity index (χ3v) is 7.09. The Morgan fingerprint density at radius 2 is 1.59 bits per heavy atom. The molecule has 0 spiro atoms. The number of nitrogens with one attached hydrogen (secondary N) is 3. The highest BCUT2D eigenvalue weighted by Gasteiger charge is 2.19. The van der Waals surface area contributed by atoms with Crippen molar-refractivity contribution in [3.63, 3.8) is 0 Å². The van der Waals surface area contributed by atoms with Gasteiger partial charge >= 0.3 is 12.1 Å². The molecule has 0 saturated carbocycles. The summed E-state index contributed by atoms with van der Waals surface area (Å²) in [7, 11) is 0. The van der Waals surface area contributed by atoms with Crippen molar-refractivity contribution in [1.82, 2.24) is 9.80 Å². The topological polar surface area (TPSA) is 121 Å². The molecule has 0 aliphatic carbocycles. The second-order valence-corrected chi connectivity index (χ2v) is 11.9. The zero-order valence-electron chi connectivity index (χ0n) is 27.1. The third-order valence-electron chi connectivity index (χ3n) is 7.09. The van der Waals surface area contributed by atoms with Gasteiger partial charge in [0.05, 0.1) is 31.2 Å². The van der Waals surface area contributed by atoms with Crippen molar-refractivity contribution in [2.24, 2.45) is 0 Å². The van der Waals surface area contributed by atoms with Crippen molar-refractivity contribution in [3.05, 3.63) is 83.9 Å². The molecule has 1 aliphatic heterocycles. The van der Waals surface area contributed by atoms with E-state index in [-0.39, 0.29) is 11.9 Å².